The lowest BCUT2D eigenvalue weighted by Crippen LogP contribution is -2.15. The van der Waals surface area contributed by atoms with Crippen molar-refractivity contribution in [3.8, 4) is 0 Å². The summed E-state index contributed by atoms with van der Waals surface area (Å²) in [4.78, 5) is 16.3. The van der Waals surface area contributed by atoms with Crippen molar-refractivity contribution >= 4 is 22.7 Å². The van der Waals surface area contributed by atoms with Crippen LogP contribution in [0.25, 0.3) is 11.0 Å². The molecule has 0 aliphatic heterocycles. The Morgan fingerprint density at radius 1 is 1.24 bits per heavy atom. The van der Waals surface area contributed by atoms with Gasteiger partial charge in [0.05, 0.1) is 6.42 Å². The summed E-state index contributed by atoms with van der Waals surface area (Å²) < 4.78 is 5.23. The standard InChI is InChI=1S/C16H15N3O2/c1-10-6-7-14-12(8-10)13(19-21-14)9-16(20)18-15-5-3-4-11(2)17-15/h3-8H,9H2,1-2H3,(H,17,18,20). The molecule has 0 spiro atoms. The molecular formula is C16H15N3O2. The van der Waals surface area contributed by atoms with Crippen LogP contribution in [0.15, 0.2) is 40.9 Å². The minimum Gasteiger partial charge on any atom is -0.356 e. The molecule has 0 aliphatic carbocycles. The smallest absolute Gasteiger partial charge is 0.231 e. The number of carbonyl (C=O) groups is 1. The Kier molecular flexibility index (Phi) is 3.39. The topological polar surface area (TPSA) is 68.0 Å². The molecule has 3 rings (SSSR count). The van der Waals surface area contributed by atoms with Crippen LogP contribution in [0, 0.1) is 13.8 Å². The van der Waals surface area contributed by atoms with E-state index in [-0.39, 0.29) is 12.3 Å². The fourth-order valence-corrected chi connectivity index (χ4v) is 2.18. The van der Waals surface area contributed by atoms with Gasteiger partial charge in [0.15, 0.2) is 5.58 Å². The van der Waals surface area contributed by atoms with E-state index < -0.39 is 0 Å². The van der Waals surface area contributed by atoms with Gasteiger partial charge in [-0.2, -0.15) is 0 Å². The molecule has 0 aliphatic rings. The van der Waals surface area contributed by atoms with Crippen LogP contribution in [-0.4, -0.2) is 16.0 Å². The number of aryl methyl sites for hydroxylation is 2. The van der Waals surface area contributed by atoms with Crippen LogP contribution in [-0.2, 0) is 11.2 Å². The highest BCUT2D eigenvalue weighted by Crippen LogP contribution is 2.20. The van der Waals surface area contributed by atoms with E-state index >= 15 is 0 Å². The van der Waals surface area contributed by atoms with Crippen LogP contribution in [0.2, 0.25) is 0 Å². The van der Waals surface area contributed by atoms with Gasteiger partial charge in [0.1, 0.15) is 11.5 Å². The SMILES string of the molecule is Cc1ccc2onc(CC(=O)Nc3cccc(C)n3)c2c1. The normalized spacial score (nSPS) is 10.8. The molecule has 0 saturated carbocycles. The second-order valence-electron chi connectivity index (χ2n) is 5.02. The quantitative estimate of drug-likeness (QED) is 0.801. The average Bonchev–Trinajstić information content (AvgIpc) is 2.81. The number of fused-ring (bicyclic) bond motifs is 1. The number of rotatable bonds is 3. The van der Waals surface area contributed by atoms with E-state index in [1.54, 1.807) is 6.07 Å². The molecule has 1 amide bonds. The average molecular weight is 281 g/mol. The molecule has 1 N–H and O–H groups in total. The first-order chi connectivity index (χ1) is 10.1. The van der Waals surface area contributed by atoms with Gasteiger partial charge in [0, 0.05) is 11.1 Å². The van der Waals surface area contributed by atoms with Crippen LogP contribution < -0.4 is 5.32 Å². The van der Waals surface area contributed by atoms with Crippen molar-refractivity contribution in [2.75, 3.05) is 5.32 Å². The fraction of sp³-hybridized carbons (Fsp3) is 0.188. The minimum atomic E-state index is -0.162. The Morgan fingerprint density at radius 2 is 2.10 bits per heavy atom. The number of pyridine rings is 1. The van der Waals surface area contributed by atoms with E-state index in [0.29, 0.717) is 17.1 Å². The van der Waals surface area contributed by atoms with Gasteiger partial charge in [-0.05, 0) is 38.1 Å². The van der Waals surface area contributed by atoms with Gasteiger partial charge >= 0.3 is 0 Å². The molecular weight excluding hydrogens is 266 g/mol. The highest BCUT2D eigenvalue weighted by Gasteiger charge is 2.13. The maximum absolute atomic E-state index is 12.1. The van der Waals surface area contributed by atoms with Crippen molar-refractivity contribution in [3.05, 3.63) is 53.3 Å². The molecule has 0 saturated heterocycles. The number of hydrogen-bond acceptors (Lipinski definition) is 4. The van der Waals surface area contributed by atoms with Gasteiger partial charge in [-0.1, -0.05) is 22.9 Å². The summed E-state index contributed by atoms with van der Waals surface area (Å²) in [7, 11) is 0. The zero-order valence-corrected chi connectivity index (χ0v) is 11.9. The zero-order chi connectivity index (χ0) is 14.8. The molecule has 0 atom stereocenters. The van der Waals surface area contributed by atoms with Gasteiger partial charge in [0.25, 0.3) is 0 Å². The number of hydrogen-bond donors (Lipinski definition) is 1. The largest absolute Gasteiger partial charge is 0.356 e. The van der Waals surface area contributed by atoms with Gasteiger partial charge in [0.2, 0.25) is 5.91 Å². The van der Waals surface area contributed by atoms with E-state index in [1.807, 2.05) is 44.2 Å². The van der Waals surface area contributed by atoms with E-state index in [9.17, 15) is 4.79 Å². The van der Waals surface area contributed by atoms with E-state index in [1.165, 1.54) is 0 Å². The summed E-state index contributed by atoms with van der Waals surface area (Å²) in [6.45, 7) is 3.87. The van der Waals surface area contributed by atoms with Crippen molar-refractivity contribution in [2.45, 2.75) is 20.3 Å². The zero-order valence-electron chi connectivity index (χ0n) is 11.9. The Hall–Kier alpha value is -2.69. The predicted octanol–water partition coefficient (Wildman–Crippen LogP) is 3.02. The summed E-state index contributed by atoms with van der Waals surface area (Å²) in [6.07, 6.45) is 0.159. The van der Waals surface area contributed by atoms with Crippen LogP contribution in [0.3, 0.4) is 0 Å². The predicted molar refractivity (Wildman–Crippen MR) is 80.1 cm³/mol. The lowest BCUT2D eigenvalue weighted by atomic mass is 10.1. The number of amides is 1. The Bertz CT molecular complexity index is 808. The van der Waals surface area contributed by atoms with Crippen LogP contribution in [0.4, 0.5) is 5.82 Å². The van der Waals surface area contributed by atoms with Crippen molar-refractivity contribution < 1.29 is 9.32 Å². The third-order valence-corrected chi connectivity index (χ3v) is 3.18. The molecule has 5 heteroatoms. The molecule has 3 aromatic rings. The lowest BCUT2D eigenvalue weighted by molar-refractivity contribution is -0.115. The van der Waals surface area contributed by atoms with Gasteiger partial charge < -0.3 is 9.84 Å². The second-order valence-corrected chi connectivity index (χ2v) is 5.02. The minimum absolute atomic E-state index is 0.159. The fourth-order valence-electron chi connectivity index (χ4n) is 2.18. The van der Waals surface area contributed by atoms with E-state index in [0.717, 1.165) is 16.6 Å². The first kappa shape index (κ1) is 13.3. The van der Waals surface area contributed by atoms with Gasteiger partial charge in [-0.15, -0.1) is 0 Å². The molecule has 0 fully saturated rings. The molecule has 21 heavy (non-hydrogen) atoms. The highest BCUT2D eigenvalue weighted by molar-refractivity contribution is 5.94. The van der Waals surface area contributed by atoms with Crippen molar-refractivity contribution in [2.24, 2.45) is 0 Å². The summed E-state index contributed by atoms with van der Waals surface area (Å²) in [6, 6.07) is 11.3. The van der Waals surface area contributed by atoms with Gasteiger partial charge in [-0.3, -0.25) is 4.79 Å². The third-order valence-electron chi connectivity index (χ3n) is 3.18. The summed E-state index contributed by atoms with van der Waals surface area (Å²) in [5, 5.41) is 7.63. The molecule has 5 nitrogen and oxygen atoms in total. The number of nitrogens with zero attached hydrogens (tertiary/aromatic N) is 2. The molecule has 2 heterocycles. The van der Waals surface area contributed by atoms with Crippen molar-refractivity contribution in [1.29, 1.82) is 0 Å². The van der Waals surface area contributed by atoms with Gasteiger partial charge in [-0.25, -0.2) is 4.98 Å². The van der Waals surface area contributed by atoms with Crippen molar-refractivity contribution in [3.63, 3.8) is 0 Å². The van der Waals surface area contributed by atoms with Crippen LogP contribution in [0.5, 0.6) is 0 Å². The number of benzene rings is 1. The monoisotopic (exact) mass is 281 g/mol. The maximum Gasteiger partial charge on any atom is 0.231 e. The molecule has 2 aromatic heterocycles. The number of anilines is 1. The molecule has 0 bridgehead atoms. The number of aromatic nitrogens is 2. The van der Waals surface area contributed by atoms with Crippen LogP contribution in [0.1, 0.15) is 17.0 Å². The Morgan fingerprint density at radius 3 is 2.90 bits per heavy atom. The lowest BCUT2D eigenvalue weighted by Gasteiger charge is -2.03. The summed E-state index contributed by atoms with van der Waals surface area (Å²) in [5.74, 6) is 0.383. The number of carbonyl (C=O) groups excluding carboxylic acids is 1. The third kappa shape index (κ3) is 2.91. The Labute approximate surface area is 122 Å². The summed E-state index contributed by atoms with van der Waals surface area (Å²) in [5.41, 5.74) is 3.29. The van der Waals surface area contributed by atoms with E-state index in [4.69, 9.17) is 4.52 Å². The molecule has 0 unspecified atom stereocenters. The number of nitrogens with one attached hydrogen (secondary N) is 1. The summed E-state index contributed by atoms with van der Waals surface area (Å²) >= 11 is 0. The molecule has 0 radical (unpaired) electrons. The van der Waals surface area contributed by atoms with E-state index in [2.05, 4.69) is 15.5 Å². The second kappa shape index (κ2) is 5.36. The molecule has 106 valence electrons. The van der Waals surface area contributed by atoms with Crippen molar-refractivity contribution in [1.82, 2.24) is 10.1 Å². The van der Waals surface area contributed by atoms with Crippen LogP contribution >= 0.6 is 0 Å². The highest BCUT2D eigenvalue weighted by atomic mass is 16.5. The maximum atomic E-state index is 12.1. The molecule has 1 aromatic carbocycles. The first-order valence-electron chi connectivity index (χ1n) is 6.70. The first-order valence-corrected chi connectivity index (χ1v) is 6.70. The Balaban J connectivity index is 1.79.